The number of hydrogen-bond donors (Lipinski definition) is 2. The molecule has 21 heavy (non-hydrogen) atoms. The summed E-state index contributed by atoms with van der Waals surface area (Å²) in [5.41, 5.74) is -1.14. The Balaban J connectivity index is 2.13. The Morgan fingerprint density at radius 2 is 2.10 bits per heavy atom. The molecule has 1 aliphatic rings. The van der Waals surface area contributed by atoms with Gasteiger partial charge in [-0.05, 0) is 36.8 Å². The Morgan fingerprint density at radius 3 is 2.67 bits per heavy atom. The summed E-state index contributed by atoms with van der Waals surface area (Å²) in [7, 11) is 0. The van der Waals surface area contributed by atoms with Crippen LogP contribution in [-0.4, -0.2) is 28.1 Å². The highest BCUT2D eigenvalue weighted by Crippen LogP contribution is 2.29. The van der Waals surface area contributed by atoms with E-state index in [0.717, 1.165) is 17.6 Å². The molecule has 2 rings (SSSR count). The molecule has 1 atom stereocenters. The van der Waals surface area contributed by atoms with Crippen LogP contribution in [0.25, 0.3) is 0 Å². The maximum absolute atomic E-state index is 13.8. The Hall–Kier alpha value is -1.14. The van der Waals surface area contributed by atoms with E-state index in [2.05, 4.69) is 5.32 Å². The zero-order chi connectivity index (χ0) is 15.5. The van der Waals surface area contributed by atoms with E-state index in [9.17, 15) is 18.7 Å². The SMILES string of the molecule is CCC(NC(=O)C1(O)CCSCC1)c1ccc(F)cc1F. The second-order valence-corrected chi connectivity index (χ2v) is 6.47. The van der Waals surface area contributed by atoms with Gasteiger partial charge >= 0.3 is 0 Å². The van der Waals surface area contributed by atoms with Gasteiger partial charge in [0.25, 0.3) is 5.91 Å². The van der Waals surface area contributed by atoms with Gasteiger partial charge < -0.3 is 10.4 Å². The van der Waals surface area contributed by atoms with E-state index in [0.29, 0.717) is 19.3 Å². The molecule has 1 aromatic carbocycles. The molecule has 1 aliphatic heterocycles. The molecule has 0 spiro atoms. The fourth-order valence-corrected chi connectivity index (χ4v) is 3.58. The first kappa shape index (κ1) is 16.2. The fourth-order valence-electron chi connectivity index (χ4n) is 2.41. The van der Waals surface area contributed by atoms with Crippen LogP contribution in [0.4, 0.5) is 8.78 Å². The van der Waals surface area contributed by atoms with Crippen LogP contribution in [0.15, 0.2) is 18.2 Å². The third-order valence-corrected chi connectivity index (χ3v) is 4.78. The van der Waals surface area contributed by atoms with Crippen molar-refractivity contribution in [1.82, 2.24) is 5.32 Å². The van der Waals surface area contributed by atoms with Crippen molar-refractivity contribution in [3.63, 3.8) is 0 Å². The molecule has 1 amide bonds. The second-order valence-electron chi connectivity index (χ2n) is 5.24. The number of thioether (sulfide) groups is 1. The summed E-state index contributed by atoms with van der Waals surface area (Å²) >= 11 is 1.70. The average Bonchev–Trinajstić information content (AvgIpc) is 2.46. The molecule has 3 nitrogen and oxygen atoms in total. The lowest BCUT2D eigenvalue weighted by Crippen LogP contribution is -2.50. The van der Waals surface area contributed by atoms with Gasteiger partial charge in [-0.15, -0.1) is 0 Å². The number of hydrogen-bond acceptors (Lipinski definition) is 3. The van der Waals surface area contributed by atoms with E-state index in [1.54, 1.807) is 18.7 Å². The predicted molar refractivity (Wildman–Crippen MR) is 79.0 cm³/mol. The van der Waals surface area contributed by atoms with Crippen molar-refractivity contribution in [2.45, 2.75) is 37.8 Å². The van der Waals surface area contributed by atoms with Crippen LogP contribution in [0.2, 0.25) is 0 Å². The number of nitrogens with one attached hydrogen (secondary N) is 1. The first-order valence-electron chi connectivity index (χ1n) is 7.02. The van der Waals surface area contributed by atoms with Crippen LogP contribution < -0.4 is 5.32 Å². The Bertz CT molecular complexity index is 518. The minimum Gasteiger partial charge on any atom is -0.380 e. The second kappa shape index (κ2) is 6.75. The summed E-state index contributed by atoms with van der Waals surface area (Å²) in [4.78, 5) is 12.3. The lowest BCUT2D eigenvalue weighted by molar-refractivity contribution is -0.141. The molecule has 0 aliphatic carbocycles. The lowest BCUT2D eigenvalue weighted by Gasteiger charge is -2.32. The van der Waals surface area contributed by atoms with Crippen molar-refractivity contribution < 1.29 is 18.7 Å². The van der Waals surface area contributed by atoms with Crippen LogP contribution >= 0.6 is 11.8 Å². The largest absolute Gasteiger partial charge is 0.380 e. The zero-order valence-corrected chi connectivity index (χ0v) is 12.7. The number of amides is 1. The van der Waals surface area contributed by atoms with E-state index in [1.165, 1.54) is 12.1 Å². The molecule has 1 fully saturated rings. The maximum atomic E-state index is 13.8. The molecule has 0 aromatic heterocycles. The van der Waals surface area contributed by atoms with E-state index >= 15 is 0 Å². The third kappa shape index (κ3) is 3.74. The smallest absolute Gasteiger partial charge is 0.252 e. The van der Waals surface area contributed by atoms with Crippen LogP contribution in [0.5, 0.6) is 0 Å². The monoisotopic (exact) mass is 315 g/mol. The third-order valence-electron chi connectivity index (χ3n) is 3.79. The Labute approximate surface area is 127 Å². The minimum absolute atomic E-state index is 0.237. The van der Waals surface area contributed by atoms with Crippen molar-refractivity contribution in [2.75, 3.05) is 11.5 Å². The van der Waals surface area contributed by atoms with Gasteiger partial charge in [-0.1, -0.05) is 13.0 Å². The van der Waals surface area contributed by atoms with Gasteiger partial charge in [0.1, 0.15) is 17.2 Å². The van der Waals surface area contributed by atoms with E-state index in [-0.39, 0.29) is 5.56 Å². The van der Waals surface area contributed by atoms with Crippen molar-refractivity contribution in [1.29, 1.82) is 0 Å². The Kier molecular flexibility index (Phi) is 5.22. The molecule has 1 heterocycles. The van der Waals surface area contributed by atoms with E-state index in [4.69, 9.17) is 0 Å². The number of benzene rings is 1. The predicted octanol–water partition coefficient (Wildman–Crippen LogP) is 2.79. The van der Waals surface area contributed by atoms with Crippen molar-refractivity contribution in [2.24, 2.45) is 0 Å². The normalized spacial score (nSPS) is 19.0. The van der Waals surface area contributed by atoms with Gasteiger partial charge in [0.05, 0.1) is 6.04 Å². The van der Waals surface area contributed by atoms with Crippen LogP contribution in [-0.2, 0) is 4.79 Å². The van der Waals surface area contributed by atoms with Gasteiger partial charge in [0.2, 0.25) is 0 Å². The number of carbonyl (C=O) groups is 1. The molecule has 0 bridgehead atoms. The molecule has 1 unspecified atom stereocenters. The molecule has 2 N–H and O–H groups in total. The summed E-state index contributed by atoms with van der Waals surface area (Å²) < 4.78 is 26.8. The average molecular weight is 315 g/mol. The van der Waals surface area contributed by atoms with E-state index < -0.39 is 29.2 Å². The van der Waals surface area contributed by atoms with E-state index in [1.807, 2.05) is 0 Å². The van der Waals surface area contributed by atoms with Gasteiger partial charge in [0.15, 0.2) is 0 Å². The molecular formula is C15H19F2NO2S. The van der Waals surface area contributed by atoms with Gasteiger partial charge in [-0.3, -0.25) is 4.79 Å². The maximum Gasteiger partial charge on any atom is 0.252 e. The fraction of sp³-hybridized carbons (Fsp3) is 0.533. The number of halogens is 2. The summed E-state index contributed by atoms with van der Waals surface area (Å²) in [6.07, 6.45) is 1.25. The highest BCUT2D eigenvalue weighted by atomic mass is 32.2. The Morgan fingerprint density at radius 1 is 1.43 bits per heavy atom. The molecular weight excluding hydrogens is 296 g/mol. The molecule has 1 saturated heterocycles. The number of carbonyl (C=O) groups excluding carboxylic acids is 1. The first-order valence-corrected chi connectivity index (χ1v) is 8.18. The van der Waals surface area contributed by atoms with Crippen molar-refractivity contribution in [3.05, 3.63) is 35.4 Å². The van der Waals surface area contributed by atoms with Crippen LogP contribution in [0, 0.1) is 11.6 Å². The van der Waals surface area contributed by atoms with Crippen LogP contribution in [0.3, 0.4) is 0 Å². The first-order chi connectivity index (χ1) is 9.96. The van der Waals surface area contributed by atoms with Gasteiger partial charge in [-0.25, -0.2) is 8.78 Å². The number of rotatable bonds is 4. The highest BCUT2D eigenvalue weighted by Gasteiger charge is 2.38. The molecule has 0 saturated carbocycles. The summed E-state index contributed by atoms with van der Waals surface area (Å²) in [5.74, 6) is -0.357. The van der Waals surface area contributed by atoms with Gasteiger partial charge in [0, 0.05) is 11.6 Å². The zero-order valence-electron chi connectivity index (χ0n) is 11.9. The van der Waals surface area contributed by atoms with Crippen LogP contribution in [0.1, 0.15) is 37.8 Å². The summed E-state index contributed by atoms with van der Waals surface area (Å²) in [6.45, 7) is 1.80. The standard InChI is InChI=1S/C15H19F2NO2S/c1-2-13(11-4-3-10(16)9-12(11)17)18-14(19)15(20)5-7-21-8-6-15/h3-4,9,13,20H,2,5-8H2,1H3,(H,18,19). The lowest BCUT2D eigenvalue weighted by atomic mass is 9.94. The molecule has 6 heteroatoms. The van der Waals surface area contributed by atoms with Crippen molar-refractivity contribution in [3.8, 4) is 0 Å². The van der Waals surface area contributed by atoms with Gasteiger partial charge in [-0.2, -0.15) is 11.8 Å². The molecule has 116 valence electrons. The quantitative estimate of drug-likeness (QED) is 0.898. The van der Waals surface area contributed by atoms with Crippen molar-refractivity contribution >= 4 is 17.7 Å². The molecule has 0 radical (unpaired) electrons. The highest BCUT2D eigenvalue weighted by molar-refractivity contribution is 7.99. The summed E-state index contributed by atoms with van der Waals surface area (Å²) in [5, 5.41) is 13.1. The topological polar surface area (TPSA) is 49.3 Å². The minimum atomic E-state index is -1.38. The summed E-state index contributed by atoms with van der Waals surface area (Å²) in [6, 6.07) is 2.73. The molecule has 1 aromatic rings. The number of aliphatic hydroxyl groups is 1.